The predicted octanol–water partition coefficient (Wildman–Crippen LogP) is 5.13. The van der Waals surface area contributed by atoms with Gasteiger partial charge >= 0.3 is 0 Å². The fourth-order valence-corrected chi connectivity index (χ4v) is 6.65. The third-order valence-corrected chi connectivity index (χ3v) is 7.33. The molecule has 0 fully saturated rings. The molecule has 1 aliphatic rings. The van der Waals surface area contributed by atoms with Crippen LogP contribution in [-0.2, 0) is 10.7 Å². The quantitative estimate of drug-likeness (QED) is 0.798. The van der Waals surface area contributed by atoms with Gasteiger partial charge in [-0.3, -0.25) is 0 Å². The number of benzene rings is 2. The molecule has 108 valence electrons. The zero-order chi connectivity index (χ0) is 14.9. The van der Waals surface area contributed by atoms with Crippen LogP contribution in [0.15, 0.2) is 66.4 Å². The summed E-state index contributed by atoms with van der Waals surface area (Å²) in [5.41, 5.74) is 1.95. The van der Waals surface area contributed by atoms with Crippen LogP contribution in [-0.4, -0.2) is 11.3 Å². The molecule has 0 saturated heterocycles. The molecule has 3 heteroatoms. The van der Waals surface area contributed by atoms with Crippen molar-refractivity contribution in [2.24, 2.45) is 5.92 Å². The summed E-state index contributed by atoms with van der Waals surface area (Å²) in [6, 6.07) is 19.5. The number of hydrogen-bond acceptors (Lipinski definition) is 2. The lowest BCUT2D eigenvalue weighted by Gasteiger charge is -2.16. The Hall–Kier alpha value is -1.79. The second kappa shape index (κ2) is 5.54. The van der Waals surface area contributed by atoms with Crippen LogP contribution in [0, 0.1) is 5.92 Å². The third kappa shape index (κ3) is 2.69. The van der Waals surface area contributed by atoms with Crippen molar-refractivity contribution < 1.29 is 9.67 Å². The van der Waals surface area contributed by atoms with E-state index in [1.54, 1.807) is 0 Å². The molecular formula is C18H19O2P. The van der Waals surface area contributed by atoms with Gasteiger partial charge in [-0.15, -0.1) is 0 Å². The molecule has 0 aliphatic carbocycles. The summed E-state index contributed by atoms with van der Waals surface area (Å²) >= 11 is 0. The molecule has 0 bridgehead atoms. The molecule has 2 atom stereocenters. The van der Waals surface area contributed by atoms with Gasteiger partial charge in [-0.1, -0.05) is 67.6 Å². The highest BCUT2D eigenvalue weighted by Gasteiger charge is 2.41. The lowest BCUT2D eigenvalue weighted by molar-refractivity contribution is 0.362. The van der Waals surface area contributed by atoms with Crippen molar-refractivity contribution >= 4 is 12.5 Å². The number of allylic oxidation sites excluding steroid dienone is 1. The van der Waals surface area contributed by atoms with Gasteiger partial charge in [-0.05, 0) is 11.1 Å². The van der Waals surface area contributed by atoms with Crippen molar-refractivity contribution in [2.45, 2.75) is 13.1 Å². The van der Waals surface area contributed by atoms with Crippen LogP contribution in [0.4, 0.5) is 0 Å². The van der Waals surface area contributed by atoms with E-state index in [1.807, 2.05) is 67.6 Å². The molecule has 1 heterocycles. The maximum atomic E-state index is 13.5. The fourth-order valence-electron chi connectivity index (χ4n) is 3.06. The van der Waals surface area contributed by atoms with E-state index in [2.05, 4.69) is 0 Å². The summed E-state index contributed by atoms with van der Waals surface area (Å²) in [7, 11) is -2.61. The summed E-state index contributed by atoms with van der Waals surface area (Å²) in [4.78, 5) is 0. The summed E-state index contributed by atoms with van der Waals surface area (Å²) in [6.07, 6.45) is 1.07. The molecule has 3 rings (SSSR count). The van der Waals surface area contributed by atoms with Crippen LogP contribution >= 0.6 is 7.14 Å². The van der Waals surface area contributed by atoms with Crippen LogP contribution in [0.1, 0.15) is 18.1 Å². The summed E-state index contributed by atoms with van der Waals surface area (Å²) in [6.45, 7) is 1.95. The van der Waals surface area contributed by atoms with E-state index in [0.717, 1.165) is 11.1 Å². The average molecular weight is 298 g/mol. The molecular weight excluding hydrogens is 279 g/mol. The Morgan fingerprint density at radius 2 is 1.62 bits per heavy atom. The van der Waals surface area contributed by atoms with Crippen molar-refractivity contribution in [1.29, 1.82) is 0 Å². The van der Waals surface area contributed by atoms with E-state index in [9.17, 15) is 9.67 Å². The predicted molar refractivity (Wildman–Crippen MR) is 87.8 cm³/mol. The molecule has 0 aromatic heterocycles. The van der Waals surface area contributed by atoms with Gasteiger partial charge in [-0.2, -0.15) is 0 Å². The molecule has 0 amide bonds. The Morgan fingerprint density at radius 3 is 2.24 bits per heavy atom. The van der Waals surface area contributed by atoms with Gasteiger partial charge in [0, 0.05) is 18.2 Å². The highest BCUT2D eigenvalue weighted by Crippen LogP contribution is 2.67. The van der Waals surface area contributed by atoms with Crippen molar-refractivity contribution in [3.05, 3.63) is 77.5 Å². The average Bonchev–Trinajstić information content (AvgIpc) is 2.70. The van der Waals surface area contributed by atoms with Gasteiger partial charge in [0.1, 0.15) is 12.9 Å². The number of hydrogen-bond donors (Lipinski definition) is 1. The van der Waals surface area contributed by atoms with E-state index >= 15 is 0 Å². The molecule has 21 heavy (non-hydrogen) atoms. The number of rotatable bonds is 3. The van der Waals surface area contributed by atoms with Crippen LogP contribution in [0.25, 0.3) is 5.31 Å². The molecule has 2 nitrogen and oxygen atoms in total. The fraction of sp³-hybridized carbons (Fsp3) is 0.222. The van der Waals surface area contributed by atoms with Crippen LogP contribution in [0.3, 0.4) is 0 Å². The first-order valence-corrected chi connectivity index (χ1v) is 9.29. The van der Waals surface area contributed by atoms with Gasteiger partial charge in [0.25, 0.3) is 0 Å². The van der Waals surface area contributed by atoms with Gasteiger partial charge in [0.2, 0.25) is 0 Å². The maximum absolute atomic E-state index is 13.5. The zero-order valence-corrected chi connectivity index (χ0v) is 13.0. The summed E-state index contributed by atoms with van der Waals surface area (Å²) in [5.74, 6) is 0.273. The largest absolute Gasteiger partial charge is 0.511 e. The highest BCUT2D eigenvalue weighted by atomic mass is 31.2. The second-order valence-corrected chi connectivity index (χ2v) is 8.62. The topological polar surface area (TPSA) is 37.3 Å². The Bertz CT molecular complexity index is 705. The van der Waals surface area contributed by atoms with Gasteiger partial charge in [0.05, 0.1) is 5.31 Å². The van der Waals surface area contributed by atoms with Crippen LogP contribution < -0.4 is 0 Å². The summed E-state index contributed by atoms with van der Waals surface area (Å²) < 4.78 is 13.5. The first-order chi connectivity index (χ1) is 10.1. The Labute approximate surface area is 125 Å². The minimum absolute atomic E-state index is 0.0326. The molecule has 1 aliphatic heterocycles. The monoisotopic (exact) mass is 298 g/mol. The zero-order valence-electron chi connectivity index (χ0n) is 12.1. The van der Waals surface area contributed by atoms with Crippen molar-refractivity contribution in [2.75, 3.05) is 6.16 Å². The normalized spacial score (nSPS) is 25.3. The first kappa shape index (κ1) is 14.2. The lowest BCUT2D eigenvalue weighted by atomic mass is 10.1. The smallest absolute Gasteiger partial charge is 0.124 e. The van der Waals surface area contributed by atoms with Gasteiger partial charge < -0.3 is 9.67 Å². The Morgan fingerprint density at radius 1 is 1.05 bits per heavy atom. The van der Waals surface area contributed by atoms with Gasteiger partial charge in [-0.25, -0.2) is 0 Å². The van der Waals surface area contributed by atoms with Crippen LogP contribution in [0.2, 0.25) is 0 Å². The molecule has 0 spiro atoms. The Balaban J connectivity index is 2.04. The molecule has 2 aromatic carbocycles. The van der Waals surface area contributed by atoms with E-state index in [0.29, 0.717) is 23.4 Å². The minimum Gasteiger partial charge on any atom is -0.511 e. The standard InChI is InChI=1S/C18H19O2P/c1-14-12-21(20,13-15-8-4-2-5-9-15)18(17(14)19)16-10-6-3-7-11-16/h2-11,14,19H,12-13H2,1H3. The minimum atomic E-state index is -2.61. The molecule has 0 radical (unpaired) electrons. The van der Waals surface area contributed by atoms with Crippen molar-refractivity contribution in [3.63, 3.8) is 0 Å². The SMILES string of the molecule is CC1CP(=O)(Cc2ccccc2)C(c2ccccc2)=C1O. The number of aliphatic hydroxyl groups is 1. The lowest BCUT2D eigenvalue weighted by Crippen LogP contribution is -1.97. The molecule has 1 N–H and O–H groups in total. The maximum Gasteiger partial charge on any atom is 0.124 e. The van der Waals surface area contributed by atoms with E-state index in [-0.39, 0.29) is 5.92 Å². The van der Waals surface area contributed by atoms with E-state index < -0.39 is 7.14 Å². The van der Waals surface area contributed by atoms with Crippen molar-refractivity contribution in [1.82, 2.24) is 0 Å². The molecule has 0 saturated carbocycles. The highest BCUT2D eigenvalue weighted by molar-refractivity contribution is 7.74. The number of aliphatic hydroxyl groups excluding tert-OH is 1. The first-order valence-electron chi connectivity index (χ1n) is 7.21. The second-order valence-electron chi connectivity index (χ2n) is 5.72. The van der Waals surface area contributed by atoms with Crippen molar-refractivity contribution in [3.8, 4) is 0 Å². The Kier molecular flexibility index (Phi) is 3.73. The van der Waals surface area contributed by atoms with Gasteiger partial charge in [0.15, 0.2) is 0 Å². The third-order valence-electron chi connectivity index (χ3n) is 4.01. The van der Waals surface area contributed by atoms with Crippen LogP contribution in [0.5, 0.6) is 0 Å². The molecule has 2 aromatic rings. The molecule has 2 unspecified atom stereocenters. The van der Waals surface area contributed by atoms with E-state index in [4.69, 9.17) is 0 Å². The van der Waals surface area contributed by atoms with E-state index in [1.165, 1.54) is 0 Å². The summed E-state index contributed by atoms with van der Waals surface area (Å²) in [5, 5.41) is 11.1.